The van der Waals surface area contributed by atoms with Crippen molar-refractivity contribution < 1.29 is 24.9 Å². The van der Waals surface area contributed by atoms with Gasteiger partial charge >= 0.3 is 12.0 Å². The molecule has 8 heteroatoms. The lowest BCUT2D eigenvalue weighted by Crippen LogP contribution is -2.33. The third kappa shape index (κ3) is 3.43. The molecule has 8 nitrogen and oxygen atoms in total. The number of carbonyl (C=O) groups excluding carboxylic acids is 1. The fraction of sp³-hybridized carbons (Fsp3) is 0.417. The Morgan fingerprint density at radius 3 is 2.45 bits per heavy atom. The van der Waals surface area contributed by atoms with Gasteiger partial charge in [-0.05, 0) is 12.1 Å². The maximum Gasteiger partial charge on any atom is 0.322 e. The normalized spacial score (nSPS) is 21.8. The molecule has 0 aromatic carbocycles. The summed E-state index contributed by atoms with van der Waals surface area (Å²) >= 11 is 0. The number of nitrogens with one attached hydrogen (secondary N) is 1. The second kappa shape index (κ2) is 5.85. The van der Waals surface area contributed by atoms with Gasteiger partial charge < -0.3 is 25.5 Å². The fourth-order valence-corrected chi connectivity index (χ4v) is 1.90. The molecule has 2 unspecified atom stereocenters. The number of carboxylic acids is 1. The number of likely N-dealkylation sites (tertiary alicyclic amines) is 1. The molecule has 0 spiro atoms. The first kappa shape index (κ1) is 14.2. The van der Waals surface area contributed by atoms with Crippen molar-refractivity contribution in [1.29, 1.82) is 0 Å². The molecule has 1 fully saturated rings. The third-order valence-electron chi connectivity index (χ3n) is 2.95. The second-order valence-corrected chi connectivity index (χ2v) is 4.58. The number of amides is 2. The highest BCUT2D eigenvalue weighted by atomic mass is 16.4. The number of hydrogen-bond acceptors (Lipinski definition) is 5. The van der Waals surface area contributed by atoms with E-state index in [0.29, 0.717) is 11.4 Å². The molecule has 2 heterocycles. The predicted molar refractivity (Wildman–Crippen MR) is 68.2 cm³/mol. The van der Waals surface area contributed by atoms with Crippen LogP contribution in [-0.4, -0.2) is 62.5 Å². The SMILES string of the molecule is O=C(O)Cc1ccc(NC(=O)N2CC(O)C(O)C2)cn1. The van der Waals surface area contributed by atoms with E-state index in [1.807, 2.05) is 0 Å². The molecule has 0 bridgehead atoms. The number of β-amino-alcohol motifs (C(OH)–C–C–N with tert-alkyl or cyclic N) is 2. The molecule has 1 saturated heterocycles. The molecule has 1 aromatic rings. The summed E-state index contributed by atoms with van der Waals surface area (Å²) in [6, 6.07) is 2.61. The van der Waals surface area contributed by atoms with Crippen LogP contribution in [0.2, 0.25) is 0 Å². The highest BCUT2D eigenvalue weighted by Gasteiger charge is 2.32. The van der Waals surface area contributed by atoms with Crippen LogP contribution in [0.1, 0.15) is 5.69 Å². The summed E-state index contributed by atoms with van der Waals surface area (Å²) in [4.78, 5) is 27.6. The molecular formula is C12H15N3O5. The lowest BCUT2D eigenvalue weighted by molar-refractivity contribution is -0.136. The summed E-state index contributed by atoms with van der Waals surface area (Å²) in [5.74, 6) is -0.977. The van der Waals surface area contributed by atoms with Crippen LogP contribution in [0.25, 0.3) is 0 Å². The molecular weight excluding hydrogens is 266 g/mol. The minimum absolute atomic E-state index is 0.0670. The Kier molecular flexibility index (Phi) is 4.16. The molecule has 0 saturated carbocycles. The molecule has 2 rings (SSSR count). The van der Waals surface area contributed by atoms with E-state index in [9.17, 15) is 19.8 Å². The first-order valence-electron chi connectivity index (χ1n) is 6.04. The Bertz CT molecular complexity index is 494. The van der Waals surface area contributed by atoms with E-state index in [4.69, 9.17) is 5.11 Å². The van der Waals surface area contributed by atoms with E-state index < -0.39 is 24.2 Å². The van der Waals surface area contributed by atoms with Gasteiger partial charge in [0.05, 0.1) is 49.3 Å². The summed E-state index contributed by atoms with van der Waals surface area (Å²) in [6.07, 6.45) is -0.689. The Morgan fingerprint density at radius 2 is 1.95 bits per heavy atom. The van der Waals surface area contributed by atoms with E-state index >= 15 is 0 Å². The molecule has 2 amide bonds. The topological polar surface area (TPSA) is 123 Å². The first-order chi connectivity index (χ1) is 9.45. The minimum atomic E-state index is -0.977. The number of anilines is 1. The van der Waals surface area contributed by atoms with Gasteiger partial charge in [0.15, 0.2) is 0 Å². The van der Waals surface area contributed by atoms with Crippen molar-refractivity contribution in [3.05, 3.63) is 24.0 Å². The van der Waals surface area contributed by atoms with Gasteiger partial charge in [0.2, 0.25) is 0 Å². The van der Waals surface area contributed by atoms with Gasteiger partial charge in [0.25, 0.3) is 0 Å². The quantitative estimate of drug-likeness (QED) is 0.579. The predicted octanol–water partition coefficient (Wildman–Crippen LogP) is -0.722. The first-order valence-corrected chi connectivity index (χ1v) is 6.04. The Hall–Kier alpha value is -2.19. The monoisotopic (exact) mass is 281 g/mol. The van der Waals surface area contributed by atoms with Gasteiger partial charge in [0.1, 0.15) is 0 Å². The van der Waals surface area contributed by atoms with Crippen LogP contribution in [-0.2, 0) is 11.2 Å². The van der Waals surface area contributed by atoms with E-state index in [2.05, 4.69) is 10.3 Å². The minimum Gasteiger partial charge on any atom is -0.481 e. The summed E-state index contributed by atoms with van der Waals surface area (Å²) in [7, 11) is 0. The van der Waals surface area contributed by atoms with E-state index in [1.54, 1.807) is 6.07 Å². The van der Waals surface area contributed by atoms with Gasteiger partial charge in [-0.3, -0.25) is 9.78 Å². The number of aliphatic carboxylic acids is 1. The lowest BCUT2D eigenvalue weighted by Gasteiger charge is -2.16. The number of urea groups is 1. The van der Waals surface area contributed by atoms with Crippen molar-refractivity contribution in [2.75, 3.05) is 18.4 Å². The van der Waals surface area contributed by atoms with Crippen molar-refractivity contribution in [3.8, 4) is 0 Å². The van der Waals surface area contributed by atoms with E-state index in [1.165, 1.54) is 17.2 Å². The number of nitrogens with zero attached hydrogens (tertiary/aromatic N) is 2. The standard InChI is InChI=1S/C12H15N3O5/c16-9-5-15(6-10(9)17)12(20)14-8-2-1-7(13-4-8)3-11(18)19/h1-2,4,9-10,16-17H,3,5-6H2,(H,14,20)(H,18,19). The average Bonchev–Trinajstić information content (AvgIpc) is 2.71. The maximum atomic E-state index is 11.8. The number of aromatic nitrogens is 1. The number of pyridine rings is 1. The molecule has 1 aromatic heterocycles. The van der Waals surface area contributed by atoms with Crippen LogP contribution in [0.15, 0.2) is 18.3 Å². The van der Waals surface area contributed by atoms with E-state index in [-0.39, 0.29) is 19.5 Å². The summed E-state index contributed by atoms with van der Waals surface area (Å²) < 4.78 is 0. The molecule has 0 radical (unpaired) electrons. The highest BCUT2D eigenvalue weighted by Crippen LogP contribution is 2.13. The van der Waals surface area contributed by atoms with Crippen LogP contribution in [0.5, 0.6) is 0 Å². The Balaban J connectivity index is 1.93. The van der Waals surface area contributed by atoms with Gasteiger partial charge in [0, 0.05) is 0 Å². The van der Waals surface area contributed by atoms with Gasteiger partial charge in [-0.2, -0.15) is 0 Å². The van der Waals surface area contributed by atoms with Crippen LogP contribution < -0.4 is 5.32 Å². The Labute approximate surface area is 114 Å². The largest absolute Gasteiger partial charge is 0.481 e. The smallest absolute Gasteiger partial charge is 0.322 e. The van der Waals surface area contributed by atoms with Crippen molar-refractivity contribution in [2.24, 2.45) is 0 Å². The van der Waals surface area contributed by atoms with Crippen LogP contribution >= 0.6 is 0 Å². The maximum absolute atomic E-state index is 11.8. The average molecular weight is 281 g/mol. The highest BCUT2D eigenvalue weighted by molar-refractivity contribution is 5.89. The van der Waals surface area contributed by atoms with E-state index in [0.717, 1.165) is 0 Å². The van der Waals surface area contributed by atoms with Gasteiger partial charge in [-0.1, -0.05) is 0 Å². The molecule has 4 N–H and O–H groups in total. The number of rotatable bonds is 3. The zero-order chi connectivity index (χ0) is 14.7. The Morgan fingerprint density at radius 1 is 1.30 bits per heavy atom. The van der Waals surface area contributed by atoms with Crippen LogP contribution in [0, 0.1) is 0 Å². The van der Waals surface area contributed by atoms with Crippen LogP contribution in [0.4, 0.5) is 10.5 Å². The molecule has 1 aliphatic rings. The molecule has 1 aliphatic heterocycles. The van der Waals surface area contributed by atoms with Gasteiger partial charge in [-0.25, -0.2) is 4.79 Å². The number of carbonyl (C=O) groups is 2. The van der Waals surface area contributed by atoms with Crippen molar-refractivity contribution >= 4 is 17.7 Å². The number of aliphatic hydroxyl groups is 2. The van der Waals surface area contributed by atoms with Crippen LogP contribution in [0.3, 0.4) is 0 Å². The summed E-state index contributed by atoms with van der Waals surface area (Å²) in [6.45, 7) is 0.134. The van der Waals surface area contributed by atoms with Crippen molar-refractivity contribution in [3.63, 3.8) is 0 Å². The molecule has 2 atom stereocenters. The fourth-order valence-electron chi connectivity index (χ4n) is 1.90. The zero-order valence-corrected chi connectivity index (χ0v) is 10.6. The molecule has 108 valence electrons. The van der Waals surface area contributed by atoms with Crippen molar-refractivity contribution in [1.82, 2.24) is 9.88 Å². The zero-order valence-electron chi connectivity index (χ0n) is 10.6. The third-order valence-corrected chi connectivity index (χ3v) is 2.95. The summed E-state index contributed by atoms with van der Waals surface area (Å²) in [5.41, 5.74) is 0.808. The van der Waals surface area contributed by atoms with Crippen molar-refractivity contribution in [2.45, 2.75) is 18.6 Å². The lowest BCUT2D eigenvalue weighted by atomic mass is 10.2. The second-order valence-electron chi connectivity index (χ2n) is 4.58. The number of hydrogen-bond donors (Lipinski definition) is 4. The number of aliphatic hydroxyl groups excluding tert-OH is 2. The summed E-state index contributed by atoms with van der Waals surface area (Å²) in [5, 5.41) is 29.9. The number of carboxylic acid groups (broad SMARTS) is 1. The molecule has 20 heavy (non-hydrogen) atoms. The molecule has 0 aliphatic carbocycles. The van der Waals surface area contributed by atoms with Gasteiger partial charge in [-0.15, -0.1) is 0 Å².